The lowest BCUT2D eigenvalue weighted by Gasteiger charge is -2.18. The molecule has 146 valence electrons. The quantitative estimate of drug-likeness (QED) is 0.487. The summed E-state index contributed by atoms with van der Waals surface area (Å²) in [7, 11) is 0. The lowest BCUT2D eigenvalue weighted by atomic mass is 9.96. The Hall–Kier alpha value is -3.45. The molecule has 8 heteroatoms. The topological polar surface area (TPSA) is 93.5 Å². The van der Waals surface area contributed by atoms with Gasteiger partial charge in [0.15, 0.2) is 0 Å². The van der Waals surface area contributed by atoms with Crippen molar-refractivity contribution in [3.8, 4) is 16.9 Å². The van der Waals surface area contributed by atoms with Crippen LogP contribution in [0.15, 0.2) is 65.8 Å². The number of phenols is 1. The number of imidazole rings is 1. The number of benzene rings is 2. The zero-order valence-electron chi connectivity index (χ0n) is 15.5. The smallest absolute Gasteiger partial charge is 0.383 e. The zero-order chi connectivity index (χ0) is 20.6. The highest BCUT2D eigenvalue weighted by molar-refractivity contribution is 6.28. The minimum Gasteiger partial charge on any atom is -0.507 e. The zero-order valence-corrected chi connectivity index (χ0v) is 16.2. The van der Waals surface area contributed by atoms with Crippen LogP contribution in [0.1, 0.15) is 12.5 Å². The third-order valence-corrected chi connectivity index (χ3v) is 5.07. The van der Waals surface area contributed by atoms with E-state index < -0.39 is 10.5 Å². The number of halogens is 1. The predicted octanol–water partition coefficient (Wildman–Crippen LogP) is 4.74. The number of hydrogen-bond donors (Lipinski definition) is 1. The molecular formula is C21H17ClN4O3. The largest absolute Gasteiger partial charge is 0.507 e. The molecule has 1 aromatic heterocycles. The average Bonchev–Trinajstić information content (AvgIpc) is 3.26. The van der Waals surface area contributed by atoms with Crippen molar-refractivity contribution in [3.05, 3.63) is 81.8 Å². The molecule has 4 rings (SSSR count). The molecule has 0 saturated heterocycles. The molecule has 3 aromatic rings. The normalized spacial score (nSPS) is 18.1. The Bertz CT molecular complexity index is 1150. The van der Waals surface area contributed by atoms with Gasteiger partial charge in [-0.15, -0.1) is 0 Å². The van der Waals surface area contributed by atoms with E-state index in [0.717, 1.165) is 16.7 Å². The fourth-order valence-electron chi connectivity index (χ4n) is 3.36. The molecule has 7 nitrogen and oxygen atoms in total. The number of hydrogen-bond acceptors (Lipinski definition) is 5. The Balaban J connectivity index is 1.65. The van der Waals surface area contributed by atoms with Gasteiger partial charge in [-0.3, -0.25) is 9.56 Å². The summed E-state index contributed by atoms with van der Waals surface area (Å²) in [5.74, 6) is -0.152. The molecule has 0 spiro atoms. The van der Waals surface area contributed by atoms with E-state index in [4.69, 9.17) is 11.6 Å². The van der Waals surface area contributed by atoms with Crippen LogP contribution >= 0.6 is 11.6 Å². The fraction of sp³-hybridized carbons (Fsp3) is 0.143. The predicted molar refractivity (Wildman–Crippen MR) is 112 cm³/mol. The van der Waals surface area contributed by atoms with Crippen molar-refractivity contribution in [1.29, 1.82) is 0 Å². The third-order valence-electron chi connectivity index (χ3n) is 4.77. The molecule has 1 atom stereocenters. The van der Waals surface area contributed by atoms with Crippen LogP contribution in [0.3, 0.4) is 0 Å². The van der Waals surface area contributed by atoms with Gasteiger partial charge in [-0.25, -0.2) is 0 Å². The Morgan fingerprint density at radius 1 is 1.21 bits per heavy atom. The van der Waals surface area contributed by atoms with Crippen LogP contribution in [0.4, 0.5) is 5.82 Å². The van der Waals surface area contributed by atoms with Gasteiger partial charge in [0.2, 0.25) is 0 Å². The summed E-state index contributed by atoms with van der Waals surface area (Å²) in [6.45, 7) is 2.17. The first kappa shape index (κ1) is 18.9. The van der Waals surface area contributed by atoms with E-state index in [1.165, 1.54) is 10.8 Å². The summed E-state index contributed by atoms with van der Waals surface area (Å²) in [4.78, 5) is 18.6. The first-order valence-electron chi connectivity index (χ1n) is 8.89. The van der Waals surface area contributed by atoms with Gasteiger partial charge in [0.25, 0.3) is 0 Å². The molecule has 1 aliphatic rings. The van der Waals surface area contributed by atoms with Gasteiger partial charge in [0, 0.05) is 17.4 Å². The Morgan fingerprint density at radius 3 is 2.66 bits per heavy atom. The number of nitrogens with zero attached hydrogens (tertiary/aromatic N) is 4. The SMILES string of the molecule is CC1(Cn2cc([N+](=O)[O-])nc2Cl)C=C(c2cc(-c3ccccc3)ccc2O)C=N1. The fourth-order valence-corrected chi connectivity index (χ4v) is 3.56. The van der Waals surface area contributed by atoms with Crippen molar-refractivity contribution >= 4 is 29.2 Å². The lowest BCUT2D eigenvalue weighted by molar-refractivity contribution is -0.389. The molecule has 2 aromatic carbocycles. The first-order valence-corrected chi connectivity index (χ1v) is 9.26. The van der Waals surface area contributed by atoms with Crippen molar-refractivity contribution in [2.45, 2.75) is 19.0 Å². The van der Waals surface area contributed by atoms with Crippen molar-refractivity contribution in [2.75, 3.05) is 0 Å². The molecule has 2 heterocycles. The molecule has 0 saturated carbocycles. The average molecular weight is 409 g/mol. The van der Waals surface area contributed by atoms with Crippen LogP contribution < -0.4 is 0 Å². The Kier molecular flexibility index (Phi) is 4.68. The molecule has 0 amide bonds. The van der Waals surface area contributed by atoms with Crippen LogP contribution in [-0.2, 0) is 6.54 Å². The maximum atomic E-state index is 10.9. The number of allylic oxidation sites excluding steroid dienone is 1. The van der Waals surface area contributed by atoms with E-state index in [1.807, 2.05) is 55.5 Å². The monoisotopic (exact) mass is 408 g/mol. The molecule has 1 aliphatic heterocycles. The summed E-state index contributed by atoms with van der Waals surface area (Å²) in [5.41, 5.74) is 2.79. The van der Waals surface area contributed by atoms with Crippen LogP contribution in [0, 0.1) is 10.1 Å². The second kappa shape index (κ2) is 7.18. The van der Waals surface area contributed by atoms with Gasteiger partial charge in [-0.1, -0.05) is 36.4 Å². The van der Waals surface area contributed by atoms with Gasteiger partial charge in [0.05, 0.1) is 12.1 Å². The summed E-state index contributed by atoms with van der Waals surface area (Å²) in [6.07, 6.45) is 4.91. The minimum atomic E-state index is -0.678. The maximum Gasteiger partial charge on any atom is 0.383 e. The van der Waals surface area contributed by atoms with Gasteiger partial charge in [-0.05, 0) is 57.8 Å². The van der Waals surface area contributed by atoms with Crippen molar-refractivity contribution in [2.24, 2.45) is 4.99 Å². The molecule has 0 bridgehead atoms. The number of nitro groups is 1. The standard InChI is InChI=1S/C21H17ClN4O3/c1-21(13-25-12-19(26(28)29)24-20(25)22)10-16(11-23-21)17-9-15(7-8-18(17)27)14-5-3-2-4-6-14/h2-12,27H,13H2,1H3. The lowest BCUT2D eigenvalue weighted by Crippen LogP contribution is -2.24. The van der Waals surface area contributed by atoms with Gasteiger partial charge in [0.1, 0.15) is 11.9 Å². The maximum absolute atomic E-state index is 10.9. The van der Waals surface area contributed by atoms with Crippen LogP contribution in [0.2, 0.25) is 5.28 Å². The number of aliphatic imine (C=N–C) groups is 1. The third kappa shape index (κ3) is 3.77. The molecule has 29 heavy (non-hydrogen) atoms. The van der Waals surface area contributed by atoms with E-state index in [-0.39, 0.29) is 23.4 Å². The molecule has 1 unspecified atom stereocenters. The number of rotatable bonds is 5. The summed E-state index contributed by atoms with van der Waals surface area (Å²) in [6, 6.07) is 15.3. The minimum absolute atomic E-state index is 0.0314. The summed E-state index contributed by atoms with van der Waals surface area (Å²) in [5, 5.41) is 21.3. The first-order chi connectivity index (χ1) is 13.8. The summed E-state index contributed by atoms with van der Waals surface area (Å²) < 4.78 is 1.50. The number of aromatic nitrogens is 2. The van der Waals surface area contributed by atoms with Crippen LogP contribution in [0.5, 0.6) is 5.75 Å². The van der Waals surface area contributed by atoms with E-state index in [1.54, 1.807) is 12.3 Å². The second-order valence-electron chi connectivity index (χ2n) is 7.07. The van der Waals surface area contributed by atoms with E-state index in [0.29, 0.717) is 5.56 Å². The molecule has 0 radical (unpaired) electrons. The van der Waals surface area contributed by atoms with Gasteiger partial charge < -0.3 is 15.2 Å². The molecular weight excluding hydrogens is 392 g/mol. The Morgan fingerprint density at radius 2 is 1.97 bits per heavy atom. The molecule has 0 aliphatic carbocycles. The van der Waals surface area contributed by atoms with Crippen molar-refractivity contribution in [1.82, 2.24) is 9.55 Å². The number of phenolic OH excluding ortho intramolecular Hbond substituents is 1. The molecule has 1 N–H and O–H groups in total. The highest BCUT2D eigenvalue weighted by Gasteiger charge is 2.29. The van der Waals surface area contributed by atoms with E-state index >= 15 is 0 Å². The highest BCUT2D eigenvalue weighted by Crippen LogP contribution is 2.35. The van der Waals surface area contributed by atoms with Gasteiger partial charge >= 0.3 is 11.1 Å². The summed E-state index contributed by atoms with van der Waals surface area (Å²) >= 11 is 6.03. The Labute approximate surface area is 171 Å². The highest BCUT2D eigenvalue weighted by atomic mass is 35.5. The van der Waals surface area contributed by atoms with Crippen LogP contribution in [-0.4, -0.2) is 31.3 Å². The number of aromatic hydroxyl groups is 1. The van der Waals surface area contributed by atoms with E-state index in [2.05, 4.69) is 9.98 Å². The van der Waals surface area contributed by atoms with E-state index in [9.17, 15) is 15.2 Å². The second-order valence-corrected chi connectivity index (χ2v) is 7.40. The van der Waals surface area contributed by atoms with Crippen LogP contribution in [0.25, 0.3) is 16.7 Å². The van der Waals surface area contributed by atoms with Gasteiger partial charge in [-0.2, -0.15) is 0 Å². The van der Waals surface area contributed by atoms with Crippen molar-refractivity contribution < 1.29 is 10.0 Å². The van der Waals surface area contributed by atoms with Crippen molar-refractivity contribution in [3.63, 3.8) is 0 Å². The molecule has 0 fully saturated rings.